The third-order valence-corrected chi connectivity index (χ3v) is 5.21. The van der Waals surface area contributed by atoms with Crippen LogP contribution in [0, 0.1) is 10.1 Å². The number of fused-ring (bicyclic) bond motifs is 1. The van der Waals surface area contributed by atoms with E-state index in [2.05, 4.69) is 15.1 Å². The van der Waals surface area contributed by atoms with Crippen molar-refractivity contribution in [3.05, 3.63) is 82.2 Å². The highest BCUT2D eigenvalue weighted by atomic mass is 16.9. The van der Waals surface area contributed by atoms with Gasteiger partial charge in [0.25, 0.3) is 5.09 Å². The zero-order valence-electron chi connectivity index (χ0n) is 18.5. The molecule has 1 unspecified atom stereocenters. The zero-order chi connectivity index (χ0) is 24.3. The molecule has 10 nitrogen and oxygen atoms in total. The number of amides is 1. The van der Waals surface area contributed by atoms with E-state index in [1.807, 2.05) is 24.3 Å². The summed E-state index contributed by atoms with van der Waals surface area (Å²) >= 11 is 0. The van der Waals surface area contributed by atoms with Crippen molar-refractivity contribution in [2.24, 2.45) is 5.73 Å². The maximum absolute atomic E-state index is 12.8. The van der Waals surface area contributed by atoms with Crippen molar-refractivity contribution in [1.29, 1.82) is 0 Å². The Kier molecular flexibility index (Phi) is 8.87. The van der Waals surface area contributed by atoms with Crippen LogP contribution >= 0.6 is 0 Å². The van der Waals surface area contributed by atoms with Crippen molar-refractivity contribution in [2.45, 2.75) is 31.8 Å². The number of nitrogens with two attached hydrogens (primary N) is 1. The number of nitrogens with one attached hydrogen (secondary N) is 1. The number of nitrogens with zero attached hydrogens (tertiary/aromatic N) is 2. The number of esters is 1. The third kappa shape index (κ3) is 7.24. The van der Waals surface area contributed by atoms with Crippen molar-refractivity contribution >= 4 is 28.3 Å². The summed E-state index contributed by atoms with van der Waals surface area (Å²) in [5.41, 5.74) is 8.09. The molecule has 0 saturated heterocycles. The smallest absolute Gasteiger partial charge is 0.306 e. The van der Waals surface area contributed by atoms with Crippen molar-refractivity contribution < 1.29 is 24.3 Å². The summed E-state index contributed by atoms with van der Waals surface area (Å²) in [6.45, 7) is 0.184. The quantitative estimate of drug-likeness (QED) is 0.179. The lowest BCUT2D eigenvalue weighted by Gasteiger charge is -2.16. The van der Waals surface area contributed by atoms with Crippen LogP contribution in [0.2, 0.25) is 0 Å². The van der Waals surface area contributed by atoms with E-state index >= 15 is 0 Å². The van der Waals surface area contributed by atoms with Gasteiger partial charge in [-0.2, -0.15) is 0 Å². The molecule has 3 aromatic rings. The molecule has 0 bridgehead atoms. The normalized spacial score (nSPS) is 11.6. The van der Waals surface area contributed by atoms with Gasteiger partial charge in [-0.25, -0.2) is 0 Å². The molecule has 1 amide bonds. The van der Waals surface area contributed by atoms with Crippen LogP contribution in [0.4, 0.5) is 5.69 Å². The summed E-state index contributed by atoms with van der Waals surface area (Å²) in [6.07, 6.45) is 4.44. The van der Waals surface area contributed by atoms with Crippen LogP contribution in [0.1, 0.15) is 36.3 Å². The average molecular weight is 466 g/mol. The molecule has 0 aliphatic carbocycles. The molecule has 34 heavy (non-hydrogen) atoms. The Morgan fingerprint density at radius 3 is 2.62 bits per heavy atom. The number of benzene rings is 2. The first-order valence-corrected chi connectivity index (χ1v) is 10.8. The van der Waals surface area contributed by atoms with Crippen LogP contribution in [0.15, 0.2) is 60.9 Å². The van der Waals surface area contributed by atoms with Gasteiger partial charge in [0.05, 0.1) is 12.5 Å². The Bertz CT molecular complexity index is 1140. The van der Waals surface area contributed by atoms with E-state index < -0.39 is 17.0 Å². The maximum Gasteiger partial charge on any atom is 0.306 e. The zero-order valence-corrected chi connectivity index (χ0v) is 18.5. The molecule has 1 aromatic heterocycles. The summed E-state index contributed by atoms with van der Waals surface area (Å²) in [5, 5.41) is 14.1. The van der Waals surface area contributed by atoms with Gasteiger partial charge in [0.1, 0.15) is 6.61 Å². The molecule has 1 heterocycles. The van der Waals surface area contributed by atoms with Gasteiger partial charge in [-0.15, -0.1) is 10.1 Å². The molecule has 178 valence electrons. The number of rotatable bonds is 12. The predicted molar refractivity (Wildman–Crippen MR) is 125 cm³/mol. The summed E-state index contributed by atoms with van der Waals surface area (Å²) in [4.78, 5) is 43.0. The second kappa shape index (κ2) is 12.3. The van der Waals surface area contributed by atoms with Crippen LogP contribution in [-0.4, -0.2) is 35.1 Å². The Balaban J connectivity index is 1.50. The van der Waals surface area contributed by atoms with Gasteiger partial charge in [-0.1, -0.05) is 30.3 Å². The largest absolute Gasteiger partial charge is 0.461 e. The average Bonchev–Trinajstić information content (AvgIpc) is 2.83. The molecular weight excluding hydrogens is 440 g/mol. The van der Waals surface area contributed by atoms with Crippen molar-refractivity contribution in [3.63, 3.8) is 0 Å². The summed E-state index contributed by atoms with van der Waals surface area (Å²) in [7, 11) is 0. The predicted octanol–water partition coefficient (Wildman–Crippen LogP) is 3.34. The van der Waals surface area contributed by atoms with Gasteiger partial charge in [-0.3, -0.25) is 14.6 Å². The number of hydrogen-bond acceptors (Lipinski definition) is 8. The minimum absolute atomic E-state index is 0.0457. The van der Waals surface area contributed by atoms with Crippen molar-refractivity contribution in [2.75, 3.05) is 18.5 Å². The number of hydrogen-bond donors (Lipinski definition) is 2. The Morgan fingerprint density at radius 2 is 1.88 bits per heavy atom. The minimum Gasteiger partial charge on any atom is -0.461 e. The van der Waals surface area contributed by atoms with Crippen LogP contribution < -0.4 is 11.1 Å². The van der Waals surface area contributed by atoms with E-state index in [0.717, 1.165) is 21.9 Å². The Hall–Kier alpha value is -4.05. The Morgan fingerprint density at radius 1 is 1.09 bits per heavy atom. The fraction of sp³-hybridized carbons (Fsp3) is 0.292. The van der Waals surface area contributed by atoms with Crippen molar-refractivity contribution in [3.8, 4) is 0 Å². The first-order chi connectivity index (χ1) is 16.5. The lowest BCUT2D eigenvalue weighted by atomic mass is 9.97. The van der Waals surface area contributed by atoms with Gasteiger partial charge < -0.3 is 20.6 Å². The van der Waals surface area contributed by atoms with Gasteiger partial charge in [0, 0.05) is 36.4 Å². The second-order valence-corrected chi connectivity index (χ2v) is 7.63. The summed E-state index contributed by atoms with van der Waals surface area (Å²) < 4.78 is 5.22. The van der Waals surface area contributed by atoms with E-state index in [9.17, 15) is 19.7 Å². The molecule has 1 atom stereocenters. The molecule has 0 saturated carbocycles. The number of aromatic nitrogens is 1. The first kappa shape index (κ1) is 24.6. The van der Waals surface area contributed by atoms with Gasteiger partial charge in [-0.05, 0) is 47.6 Å². The van der Waals surface area contributed by atoms with Gasteiger partial charge in [0.2, 0.25) is 5.91 Å². The lowest BCUT2D eigenvalue weighted by Crippen LogP contribution is -2.27. The number of carbonyl (C=O) groups excluding carboxylic acids is 2. The molecule has 0 radical (unpaired) electrons. The highest BCUT2D eigenvalue weighted by molar-refractivity contribution is 5.98. The monoisotopic (exact) mass is 466 g/mol. The standard InChI is InChI=1S/C24H26N4O6/c25-14-22(24(30)27-21-9-8-20-15-26-11-10-19(20)13-21)18-6-4-17(5-7-18)16-33-23(29)3-1-2-12-34-28(31)32/h4-11,13,15,22H,1-3,12,14,16,25H2,(H,27,30). The number of unbranched alkanes of at least 4 members (excludes halogenated alkanes) is 1. The third-order valence-electron chi connectivity index (χ3n) is 5.21. The molecule has 0 spiro atoms. The molecule has 3 N–H and O–H groups in total. The SMILES string of the molecule is NCC(C(=O)Nc1ccc2cnccc2c1)c1ccc(COC(=O)CCCCO[N+](=O)[O-])cc1. The van der Waals surface area contributed by atoms with E-state index in [0.29, 0.717) is 18.5 Å². The summed E-state index contributed by atoms with van der Waals surface area (Å²) in [5.74, 6) is -1.14. The molecule has 0 fully saturated rings. The van der Waals surface area contributed by atoms with Gasteiger partial charge in [0.15, 0.2) is 0 Å². The van der Waals surface area contributed by atoms with Crippen molar-refractivity contribution in [1.82, 2.24) is 4.98 Å². The van der Waals surface area contributed by atoms with E-state index in [4.69, 9.17) is 10.5 Å². The Labute approximate surface area is 196 Å². The van der Waals surface area contributed by atoms with Gasteiger partial charge >= 0.3 is 5.97 Å². The molecule has 10 heteroatoms. The van der Waals surface area contributed by atoms with Crippen LogP contribution in [0.5, 0.6) is 0 Å². The number of carbonyl (C=O) groups is 2. The fourth-order valence-corrected chi connectivity index (χ4v) is 3.38. The summed E-state index contributed by atoms with van der Waals surface area (Å²) in [6, 6.07) is 14.6. The topological polar surface area (TPSA) is 147 Å². The number of ether oxygens (including phenoxy) is 1. The highest BCUT2D eigenvalue weighted by Crippen LogP contribution is 2.22. The number of pyridine rings is 1. The molecular formula is C24H26N4O6. The fourth-order valence-electron chi connectivity index (χ4n) is 3.38. The second-order valence-electron chi connectivity index (χ2n) is 7.63. The van der Waals surface area contributed by atoms with E-state index in [1.165, 1.54) is 0 Å². The molecule has 0 aliphatic heterocycles. The lowest BCUT2D eigenvalue weighted by molar-refractivity contribution is -0.757. The molecule has 0 aliphatic rings. The van der Waals surface area contributed by atoms with Crippen LogP contribution in [0.3, 0.4) is 0 Å². The highest BCUT2D eigenvalue weighted by Gasteiger charge is 2.19. The number of anilines is 1. The van der Waals surface area contributed by atoms with Crippen LogP contribution in [-0.2, 0) is 25.8 Å². The maximum atomic E-state index is 12.8. The van der Waals surface area contributed by atoms with Crippen LogP contribution in [0.25, 0.3) is 10.8 Å². The minimum atomic E-state index is -0.859. The molecule has 3 rings (SSSR count). The van der Waals surface area contributed by atoms with E-state index in [-0.39, 0.29) is 32.1 Å². The van der Waals surface area contributed by atoms with E-state index in [1.54, 1.807) is 36.7 Å². The first-order valence-electron chi connectivity index (χ1n) is 10.8. The molecule has 2 aromatic carbocycles.